The van der Waals surface area contributed by atoms with E-state index in [2.05, 4.69) is 15.3 Å². The van der Waals surface area contributed by atoms with Crippen LogP contribution >= 0.6 is 0 Å². The lowest BCUT2D eigenvalue weighted by Gasteiger charge is -2.35. The van der Waals surface area contributed by atoms with Crippen molar-refractivity contribution < 1.29 is 14.0 Å². The molecule has 8 nitrogen and oxygen atoms in total. The molecule has 0 aromatic carbocycles. The fraction of sp³-hybridized carbons (Fsp3) is 0.375. The van der Waals surface area contributed by atoms with Crippen LogP contribution in [-0.4, -0.2) is 58.9 Å². The molecule has 2 amide bonds. The Morgan fingerprint density at radius 3 is 2.50 bits per heavy atom. The second-order valence-electron chi connectivity index (χ2n) is 5.53. The summed E-state index contributed by atoms with van der Waals surface area (Å²) in [6, 6.07) is 4.35. The van der Waals surface area contributed by atoms with Gasteiger partial charge in [-0.15, -0.1) is 0 Å². The molecule has 1 fully saturated rings. The second kappa shape index (κ2) is 7.12. The normalized spacial score (nSPS) is 15.9. The molecule has 0 radical (unpaired) electrons. The van der Waals surface area contributed by atoms with Gasteiger partial charge in [0.15, 0.2) is 5.76 Å². The molecule has 1 atom stereocenters. The Kier molecular flexibility index (Phi) is 4.74. The fourth-order valence-electron chi connectivity index (χ4n) is 2.59. The van der Waals surface area contributed by atoms with Crippen molar-refractivity contribution in [1.82, 2.24) is 20.2 Å². The van der Waals surface area contributed by atoms with E-state index in [9.17, 15) is 9.59 Å². The number of nitrogens with one attached hydrogen (secondary N) is 1. The summed E-state index contributed by atoms with van der Waals surface area (Å²) in [5.41, 5.74) is 0. The minimum absolute atomic E-state index is 0.108. The van der Waals surface area contributed by atoms with Gasteiger partial charge in [-0.3, -0.25) is 9.59 Å². The SMILES string of the molecule is C[C@H](NC(=O)c1ccco1)C(=O)N1CCN(c2ncccn2)CC1. The van der Waals surface area contributed by atoms with Gasteiger partial charge < -0.3 is 19.5 Å². The van der Waals surface area contributed by atoms with Gasteiger partial charge >= 0.3 is 0 Å². The molecule has 0 spiro atoms. The maximum atomic E-state index is 12.5. The van der Waals surface area contributed by atoms with E-state index >= 15 is 0 Å². The van der Waals surface area contributed by atoms with E-state index in [1.54, 1.807) is 42.4 Å². The number of rotatable bonds is 4. The van der Waals surface area contributed by atoms with Gasteiger partial charge in [-0.05, 0) is 25.1 Å². The average molecular weight is 329 g/mol. The number of nitrogens with zero attached hydrogens (tertiary/aromatic N) is 4. The molecule has 0 saturated carbocycles. The molecule has 2 aromatic rings. The van der Waals surface area contributed by atoms with Gasteiger partial charge in [-0.25, -0.2) is 9.97 Å². The third-order valence-electron chi connectivity index (χ3n) is 3.89. The predicted molar refractivity (Wildman–Crippen MR) is 86.5 cm³/mol. The first-order valence-corrected chi connectivity index (χ1v) is 7.80. The number of carbonyl (C=O) groups is 2. The summed E-state index contributed by atoms with van der Waals surface area (Å²) in [4.78, 5) is 36.6. The standard InChI is InChI=1S/C16H19N5O3/c1-12(19-14(22)13-4-2-11-24-13)15(23)20-7-9-21(10-8-20)16-17-5-3-6-18-16/h2-6,11-12H,7-10H2,1H3,(H,19,22)/t12-/m0/s1. The van der Waals surface area contributed by atoms with Gasteiger partial charge in [0.05, 0.1) is 6.26 Å². The minimum atomic E-state index is -0.609. The highest BCUT2D eigenvalue weighted by atomic mass is 16.3. The van der Waals surface area contributed by atoms with Gasteiger partial charge in [-0.2, -0.15) is 0 Å². The molecule has 0 bridgehead atoms. The van der Waals surface area contributed by atoms with E-state index in [1.165, 1.54) is 6.26 Å². The van der Waals surface area contributed by atoms with E-state index in [4.69, 9.17) is 4.42 Å². The van der Waals surface area contributed by atoms with E-state index in [-0.39, 0.29) is 11.7 Å². The topological polar surface area (TPSA) is 91.6 Å². The Hall–Kier alpha value is -2.90. The zero-order chi connectivity index (χ0) is 16.9. The van der Waals surface area contributed by atoms with Crippen molar-refractivity contribution >= 4 is 17.8 Å². The molecule has 0 aliphatic carbocycles. The van der Waals surface area contributed by atoms with Crippen molar-refractivity contribution in [2.75, 3.05) is 31.1 Å². The summed E-state index contributed by atoms with van der Waals surface area (Å²) >= 11 is 0. The first-order chi connectivity index (χ1) is 11.6. The highest BCUT2D eigenvalue weighted by molar-refractivity contribution is 5.95. The number of hydrogen-bond acceptors (Lipinski definition) is 6. The van der Waals surface area contributed by atoms with Crippen LogP contribution in [0, 0.1) is 0 Å². The minimum Gasteiger partial charge on any atom is -0.459 e. The molecule has 8 heteroatoms. The smallest absolute Gasteiger partial charge is 0.287 e. The Labute approximate surface area is 139 Å². The molecule has 1 saturated heterocycles. The van der Waals surface area contributed by atoms with Crippen LogP contribution in [-0.2, 0) is 4.79 Å². The molecular formula is C16H19N5O3. The van der Waals surface area contributed by atoms with Crippen LogP contribution in [0.3, 0.4) is 0 Å². The summed E-state index contributed by atoms with van der Waals surface area (Å²) < 4.78 is 5.03. The predicted octanol–water partition coefficient (Wildman–Crippen LogP) is 0.537. The lowest BCUT2D eigenvalue weighted by atomic mass is 10.2. The molecule has 1 aliphatic heterocycles. The summed E-state index contributed by atoms with van der Waals surface area (Å²) in [6.07, 6.45) is 4.82. The van der Waals surface area contributed by atoms with E-state index in [1.807, 2.05) is 4.90 Å². The summed E-state index contributed by atoms with van der Waals surface area (Å²) in [5.74, 6) is 0.366. The van der Waals surface area contributed by atoms with Crippen LogP contribution in [0.1, 0.15) is 17.5 Å². The highest BCUT2D eigenvalue weighted by Gasteiger charge is 2.27. The Morgan fingerprint density at radius 2 is 1.88 bits per heavy atom. The van der Waals surface area contributed by atoms with Gasteiger partial charge in [0.1, 0.15) is 6.04 Å². The van der Waals surface area contributed by atoms with Crippen LogP contribution in [0.15, 0.2) is 41.3 Å². The van der Waals surface area contributed by atoms with Crippen LogP contribution in [0.25, 0.3) is 0 Å². The quantitative estimate of drug-likeness (QED) is 0.880. The number of carbonyl (C=O) groups excluding carboxylic acids is 2. The first-order valence-electron chi connectivity index (χ1n) is 7.80. The molecule has 24 heavy (non-hydrogen) atoms. The number of piperazine rings is 1. The summed E-state index contributed by atoms with van der Waals surface area (Å²) in [6.45, 7) is 4.13. The van der Waals surface area contributed by atoms with Crippen molar-refractivity contribution in [1.29, 1.82) is 0 Å². The lowest BCUT2D eigenvalue weighted by Crippen LogP contribution is -2.54. The molecule has 3 rings (SSSR count). The maximum absolute atomic E-state index is 12.5. The lowest BCUT2D eigenvalue weighted by molar-refractivity contribution is -0.133. The monoisotopic (exact) mass is 329 g/mol. The van der Waals surface area contributed by atoms with Crippen LogP contribution in [0.2, 0.25) is 0 Å². The number of furan rings is 1. The van der Waals surface area contributed by atoms with E-state index in [0.29, 0.717) is 32.1 Å². The molecule has 3 heterocycles. The number of amides is 2. The van der Waals surface area contributed by atoms with Crippen LogP contribution in [0.5, 0.6) is 0 Å². The Bertz CT molecular complexity index is 681. The molecule has 1 aliphatic rings. The van der Waals surface area contributed by atoms with Crippen molar-refractivity contribution in [2.24, 2.45) is 0 Å². The van der Waals surface area contributed by atoms with Gasteiger partial charge in [0.25, 0.3) is 5.91 Å². The summed E-state index contributed by atoms with van der Waals surface area (Å²) in [7, 11) is 0. The van der Waals surface area contributed by atoms with Crippen molar-refractivity contribution in [3.8, 4) is 0 Å². The highest BCUT2D eigenvalue weighted by Crippen LogP contribution is 2.10. The van der Waals surface area contributed by atoms with Crippen molar-refractivity contribution in [2.45, 2.75) is 13.0 Å². The van der Waals surface area contributed by atoms with E-state index < -0.39 is 11.9 Å². The number of hydrogen-bond donors (Lipinski definition) is 1. The zero-order valence-electron chi connectivity index (χ0n) is 13.4. The third-order valence-corrected chi connectivity index (χ3v) is 3.89. The fourth-order valence-corrected chi connectivity index (χ4v) is 2.59. The average Bonchev–Trinajstić information content (AvgIpc) is 3.17. The summed E-state index contributed by atoms with van der Waals surface area (Å²) in [5, 5.41) is 2.66. The molecule has 1 N–H and O–H groups in total. The van der Waals surface area contributed by atoms with Gasteiger partial charge in [-0.1, -0.05) is 0 Å². The van der Waals surface area contributed by atoms with Crippen LogP contribution < -0.4 is 10.2 Å². The molecule has 2 aromatic heterocycles. The number of aromatic nitrogens is 2. The largest absolute Gasteiger partial charge is 0.459 e. The van der Waals surface area contributed by atoms with Crippen LogP contribution in [0.4, 0.5) is 5.95 Å². The molecule has 126 valence electrons. The van der Waals surface area contributed by atoms with Gasteiger partial charge in [0, 0.05) is 38.6 Å². The maximum Gasteiger partial charge on any atom is 0.287 e. The van der Waals surface area contributed by atoms with Gasteiger partial charge in [0.2, 0.25) is 11.9 Å². The van der Waals surface area contributed by atoms with Crippen molar-refractivity contribution in [3.63, 3.8) is 0 Å². The van der Waals surface area contributed by atoms with Crippen molar-refractivity contribution in [3.05, 3.63) is 42.6 Å². The first kappa shape index (κ1) is 16.0. The zero-order valence-corrected chi connectivity index (χ0v) is 13.4. The Balaban J connectivity index is 1.52. The Morgan fingerprint density at radius 1 is 1.17 bits per heavy atom. The second-order valence-corrected chi connectivity index (χ2v) is 5.53. The molecule has 0 unspecified atom stereocenters. The number of anilines is 1. The molecular weight excluding hydrogens is 310 g/mol. The van der Waals surface area contributed by atoms with E-state index in [0.717, 1.165) is 0 Å². The third kappa shape index (κ3) is 3.53.